The van der Waals surface area contributed by atoms with Crippen LogP contribution in [0.15, 0.2) is 48.5 Å². The largest absolute Gasteiger partial charge is 0.493 e. The molecule has 2 N–H and O–H groups in total. The van der Waals surface area contributed by atoms with E-state index >= 15 is 0 Å². The number of benzene rings is 2. The molecule has 9 nitrogen and oxygen atoms in total. The van der Waals surface area contributed by atoms with E-state index in [1.54, 1.807) is 48.5 Å². The second-order valence-electron chi connectivity index (χ2n) is 7.37. The number of hydrogen-bond acceptors (Lipinski definition) is 5. The van der Waals surface area contributed by atoms with Crippen LogP contribution < -0.4 is 20.3 Å². The van der Waals surface area contributed by atoms with Gasteiger partial charge in [-0.05, 0) is 18.2 Å². The van der Waals surface area contributed by atoms with Gasteiger partial charge < -0.3 is 15.4 Å². The van der Waals surface area contributed by atoms with Gasteiger partial charge in [-0.1, -0.05) is 30.3 Å². The van der Waals surface area contributed by atoms with Crippen LogP contribution in [-0.4, -0.2) is 48.3 Å². The molecule has 0 aliphatic carbocycles. The van der Waals surface area contributed by atoms with Crippen molar-refractivity contribution in [2.75, 3.05) is 29.9 Å². The Morgan fingerprint density at radius 3 is 2.70 bits per heavy atom. The number of nitrogens with one attached hydrogen (secondary N) is 2. The summed E-state index contributed by atoms with van der Waals surface area (Å²) < 4.78 is 5.61. The van der Waals surface area contributed by atoms with Gasteiger partial charge in [-0.3, -0.25) is 24.2 Å². The van der Waals surface area contributed by atoms with Crippen molar-refractivity contribution >= 4 is 35.1 Å². The fraction of sp³-hybridized carbons (Fsp3) is 0.238. The van der Waals surface area contributed by atoms with Gasteiger partial charge in [-0.15, -0.1) is 0 Å². The smallest absolute Gasteiger partial charge is 0.325 e. The highest BCUT2D eigenvalue weighted by Crippen LogP contribution is 2.41. The topological polar surface area (TPSA) is 108 Å². The number of imide groups is 1. The van der Waals surface area contributed by atoms with Crippen LogP contribution in [0, 0.1) is 0 Å². The predicted molar refractivity (Wildman–Crippen MR) is 106 cm³/mol. The maximum absolute atomic E-state index is 13.3. The first kappa shape index (κ1) is 18.2. The Labute approximate surface area is 171 Å². The molecule has 1 atom stereocenters. The Kier molecular flexibility index (Phi) is 3.99. The van der Waals surface area contributed by atoms with Crippen molar-refractivity contribution in [3.63, 3.8) is 0 Å². The maximum atomic E-state index is 13.3. The molecule has 0 bridgehead atoms. The van der Waals surface area contributed by atoms with E-state index in [-0.39, 0.29) is 25.5 Å². The molecule has 1 fully saturated rings. The number of ether oxygens (including phenoxy) is 1. The molecule has 30 heavy (non-hydrogen) atoms. The molecule has 0 unspecified atom stereocenters. The van der Waals surface area contributed by atoms with Crippen LogP contribution in [0.2, 0.25) is 0 Å². The Morgan fingerprint density at radius 1 is 1.07 bits per heavy atom. The van der Waals surface area contributed by atoms with Gasteiger partial charge in [0, 0.05) is 12.0 Å². The zero-order valence-corrected chi connectivity index (χ0v) is 15.9. The molecule has 0 radical (unpaired) electrons. The average Bonchev–Trinajstić information content (AvgIpc) is 2.98. The van der Waals surface area contributed by atoms with E-state index in [1.165, 1.54) is 4.90 Å². The molecule has 9 heteroatoms. The van der Waals surface area contributed by atoms with Gasteiger partial charge in [0.1, 0.15) is 18.8 Å². The van der Waals surface area contributed by atoms with Crippen LogP contribution >= 0.6 is 0 Å². The number of carbonyl (C=O) groups excluding carboxylic acids is 4. The Balaban J connectivity index is 1.43. The summed E-state index contributed by atoms with van der Waals surface area (Å²) in [4.78, 5) is 53.3. The van der Waals surface area contributed by atoms with Crippen molar-refractivity contribution in [2.24, 2.45) is 0 Å². The van der Waals surface area contributed by atoms with Gasteiger partial charge in [0.2, 0.25) is 11.8 Å². The summed E-state index contributed by atoms with van der Waals surface area (Å²) in [5.41, 5.74) is 0.366. The molecular formula is C21H18N4O5. The molecule has 2 aromatic rings. The quantitative estimate of drug-likeness (QED) is 0.729. The number of anilines is 2. The number of fused-ring (bicyclic) bond motifs is 3. The molecule has 5 rings (SSSR count). The van der Waals surface area contributed by atoms with E-state index in [4.69, 9.17) is 4.74 Å². The van der Waals surface area contributed by atoms with Crippen molar-refractivity contribution in [3.05, 3.63) is 54.1 Å². The normalized spacial score (nSPS) is 22.2. The first-order valence-corrected chi connectivity index (χ1v) is 9.55. The lowest BCUT2D eigenvalue weighted by Gasteiger charge is -2.33. The van der Waals surface area contributed by atoms with Crippen molar-refractivity contribution in [3.8, 4) is 5.75 Å². The first-order valence-electron chi connectivity index (χ1n) is 9.55. The predicted octanol–water partition coefficient (Wildman–Crippen LogP) is 1.20. The third kappa shape index (κ3) is 2.62. The van der Waals surface area contributed by atoms with Crippen molar-refractivity contribution in [1.29, 1.82) is 0 Å². The average molecular weight is 406 g/mol. The lowest BCUT2D eigenvalue weighted by atomic mass is 9.84. The molecule has 3 heterocycles. The van der Waals surface area contributed by atoms with E-state index in [2.05, 4.69) is 10.6 Å². The Bertz CT molecular complexity index is 1100. The van der Waals surface area contributed by atoms with Crippen molar-refractivity contribution in [1.82, 2.24) is 10.2 Å². The molecule has 1 saturated heterocycles. The first-order chi connectivity index (χ1) is 14.5. The van der Waals surface area contributed by atoms with Crippen LogP contribution in [0.25, 0.3) is 0 Å². The number of amides is 5. The third-order valence-electron chi connectivity index (χ3n) is 5.62. The number of urea groups is 1. The highest BCUT2D eigenvalue weighted by molar-refractivity contribution is 6.14. The minimum absolute atomic E-state index is 0.179. The highest BCUT2D eigenvalue weighted by atomic mass is 16.5. The minimum atomic E-state index is -1.25. The van der Waals surface area contributed by atoms with E-state index in [1.807, 2.05) is 0 Å². The zero-order chi connectivity index (χ0) is 20.9. The number of carbonyl (C=O) groups is 4. The summed E-state index contributed by atoms with van der Waals surface area (Å²) in [7, 11) is 0. The van der Waals surface area contributed by atoms with Crippen LogP contribution in [0.4, 0.5) is 16.2 Å². The van der Waals surface area contributed by atoms with Gasteiger partial charge in [-0.2, -0.15) is 0 Å². The number of hydrogen-bond donors (Lipinski definition) is 2. The lowest BCUT2D eigenvalue weighted by Crippen LogP contribution is -2.49. The highest BCUT2D eigenvalue weighted by Gasteiger charge is 2.55. The van der Waals surface area contributed by atoms with Gasteiger partial charge in [-0.25, -0.2) is 4.79 Å². The second-order valence-corrected chi connectivity index (χ2v) is 7.37. The maximum Gasteiger partial charge on any atom is 0.325 e. The summed E-state index contributed by atoms with van der Waals surface area (Å²) in [5.74, 6) is -0.814. The number of nitrogens with zero attached hydrogens (tertiary/aromatic N) is 2. The summed E-state index contributed by atoms with van der Waals surface area (Å²) in [6.45, 7) is -0.372. The van der Waals surface area contributed by atoms with Crippen LogP contribution in [0.1, 0.15) is 12.0 Å². The monoisotopic (exact) mass is 406 g/mol. The van der Waals surface area contributed by atoms with Crippen LogP contribution in [0.5, 0.6) is 5.75 Å². The van der Waals surface area contributed by atoms with E-state index in [9.17, 15) is 19.2 Å². The Hall–Kier alpha value is -3.88. The fourth-order valence-electron chi connectivity index (χ4n) is 4.19. The molecule has 1 spiro atoms. The molecular weight excluding hydrogens is 388 g/mol. The minimum Gasteiger partial charge on any atom is -0.493 e. The third-order valence-corrected chi connectivity index (χ3v) is 5.62. The van der Waals surface area contributed by atoms with E-state index in [0.717, 1.165) is 4.90 Å². The van der Waals surface area contributed by atoms with Crippen LogP contribution in [-0.2, 0) is 19.9 Å². The molecule has 3 aliphatic heterocycles. The summed E-state index contributed by atoms with van der Waals surface area (Å²) >= 11 is 0. The summed E-state index contributed by atoms with van der Waals surface area (Å²) in [6.07, 6.45) is 0.272. The Morgan fingerprint density at radius 2 is 1.83 bits per heavy atom. The van der Waals surface area contributed by atoms with Gasteiger partial charge in [0.25, 0.3) is 5.91 Å². The van der Waals surface area contributed by atoms with Gasteiger partial charge >= 0.3 is 6.03 Å². The summed E-state index contributed by atoms with van der Waals surface area (Å²) in [6, 6.07) is 13.3. The zero-order valence-electron chi connectivity index (χ0n) is 15.9. The van der Waals surface area contributed by atoms with Crippen molar-refractivity contribution in [2.45, 2.75) is 12.0 Å². The molecule has 152 valence electrons. The SMILES string of the molecule is O=C1CN(C(=O)CN2C(=O)N[C@@]3(CCOc4ccccc43)C2=O)c2ccccc2N1. The number of rotatable bonds is 2. The fourth-order valence-corrected chi connectivity index (χ4v) is 4.19. The van der Waals surface area contributed by atoms with Crippen LogP contribution in [0.3, 0.4) is 0 Å². The molecule has 0 saturated carbocycles. The van der Waals surface area contributed by atoms with Gasteiger partial charge in [0.15, 0.2) is 5.54 Å². The van der Waals surface area contributed by atoms with E-state index < -0.39 is 29.9 Å². The standard InChI is InChI=1S/C21H18N4O5/c26-17-11-24(15-7-3-2-6-14(15)22-17)18(27)12-25-19(28)21(23-20(25)29)9-10-30-16-8-4-1-5-13(16)21/h1-8H,9-12H2,(H,22,26)(H,23,29)/t21-/m1/s1. The van der Waals surface area contributed by atoms with E-state index in [0.29, 0.717) is 22.7 Å². The van der Waals surface area contributed by atoms with Gasteiger partial charge in [0.05, 0.1) is 18.0 Å². The molecule has 3 aliphatic rings. The van der Waals surface area contributed by atoms with Crippen molar-refractivity contribution < 1.29 is 23.9 Å². The molecule has 0 aromatic heterocycles. The lowest BCUT2D eigenvalue weighted by molar-refractivity contribution is -0.135. The molecule has 2 aromatic carbocycles. The number of para-hydroxylation sites is 3. The molecule has 5 amide bonds. The summed E-state index contributed by atoms with van der Waals surface area (Å²) in [5, 5.41) is 5.48. The second kappa shape index (κ2) is 6.58.